The highest BCUT2D eigenvalue weighted by atomic mass is 32.2. The fraction of sp³-hybridized carbons (Fsp3) is 1.00. The Balaban J connectivity index is 1.95. The summed E-state index contributed by atoms with van der Waals surface area (Å²) in [7, 11) is -3.17. The SMILES string of the molecule is NCCS(=O)(=O)NC1CCN2CCCCC12. The molecule has 3 N–H and O–H groups in total. The monoisotopic (exact) mass is 247 g/mol. The third-order valence-corrected chi connectivity index (χ3v) is 5.01. The summed E-state index contributed by atoms with van der Waals surface area (Å²) in [6.45, 7) is 2.34. The number of piperidine rings is 1. The maximum Gasteiger partial charge on any atom is 0.213 e. The van der Waals surface area contributed by atoms with Crippen LogP contribution in [0.5, 0.6) is 0 Å². The van der Waals surface area contributed by atoms with Gasteiger partial charge >= 0.3 is 0 Å². The van der Waals surface area contributed by atoms with E-state index in [-0.39, 0.29) is 18.3 Å². The van der Waals surface area contributed by atoms with Crippen molar-refractivity contribution in [2.45, 2.75) is 37.8 Å². The first-order valence-electron chi connectivity index (χ1n) is 6.06. The second-order valence-electron chi connectivity index (χ2n) is 4.72. The minimum atomic E-state index is -3.17. The van der Waals surface area contributed by atoms with Crippen LogP contribution in [0.2, 0.25) is 0 Å². The van der Waals surface area contributed by atoms with Gasteiger partial charge in [0.05, 0.1) is 5.75 Å². The lowest BCUT2D eigenvalue weighted by molar-refractivity contribution is 0.186. The summed E-state index contributed by atoms with van der Waals surface area (Å²) in [6.07, 6.45) is 4.53. The van der Waals surface area contributed by atoms with Gasteiger partial charge in [0.15, 0.2) is 0 Å². The minimum absolute atomic E-state index is 0.0379. The van der Waals surface area contributed by atoms with Gasteiger partial charge in [0.25, 0.3) is 0 Å². The molecule has 2 heterocycles. The zero-order chi connectivity index (χ0) is 11.6. The zero-order valence-electron chi connectivity index (χ0n) is 9.56. The molecule has 16 heavy (non-hydrogen) atoms. The van der Waals surface area contributed by atoms with Gasteiger partial charge in [0, 0.05) is 25.2 Å². The summed E-state index contributed by atoms with van der Waals surface area (Å²) in [5, 5.41) is 0. The van der Waals surface area contributed by atoms with E-state index in [9.17, 15) is 8.42 Å². The van der Waals surface area contributed by atoms with Crippen molar-refractivity contribution in [1.82, 2.24) is 9.62 Å². The quantitative estimate of drug-likeness (QED) is 0.702. The fourth-order valence-corrected chi connectivity index (χ4v) is 3.99. The average molecular weight is 247 g/mol. The summed E-state index contributed by atoms with van der Waals surface area (Å²) in [5.41, 5.74) is 5.29. The predicted octanol–water partition coefficient (Wildman–Crippen LogP) is -0.509. The first-order valence-corrected chi connectivity index (χ1v) is 7.72. The summed E-state index contributed by atoms with van der Waals surface area (Å²) in [6, 6.07) is 0.526. The van der Waals surface area contributed by atoms with Crippen LogP contribution >= 0.6 is 0 Å². The van der Waals surface area contributed by atoms with Gasteiger partial charge in [-0.1, -0.05) is 6.42 Å². The molecule has 94 valence electrons. The zero-order valence-corrected chi connectivity index (χ0v) is 10.4. The standard InChI is InChI=1S/C10H21N3O2S/c11-5-8-16(14,15)12-9-4-7-13-6-2-1-3-10(9)13/h9-10,12H,1-8,11H2. The molecule has 0 spiro atoms. The molecule has 0 radical (unpaired) electrons. The van der Waals surface area contributed by atoms with Gasteiger partial charge in [-0.2, -0.15) is 0 Å². The molecule has 2 aliphatic heterocycles. The second kappa shape index (κ2) is 5.00. The summed E-state index contributed by atoms with van der Waals surface area (Å²) >= 11 is 0. The van der Waals surface area contributed by atoms with Crippen LogP contribution < -0.4 is 10.5 Å². The Hall–Kier alpha value is -0.170. The van der Waals surface area contributed by atoms with E-state index < -0.39 is 10.0 Å². The first-order chi connectivity index (χ1) is 7.62. The van der Waals surface area contributed by atoms with Crippen LogP contribution in [0.4, 0.5) is 0 Å². The maximum atomic E-state index is 11.7. The van der Waals surface area contributed by atoms with E-state index >= 15 is 0 Å². The van der Waals surface area contributed by atoms with Crippen molar-refractivity contribution in [1.29, 1.82) is 0 Å². The number of nitrogens with one attached hydrogen (secondary N) is 1. The van der Waals surface area contributed by atoms with Crippen molar-refractivity contribution < 1.29 is 8.42 Å². The number of fused-ring (bicyclic) bond motifs is 1. The largest absolute Gasteiger partial charge is 0.329 e. The molecule has 0 bridgehead atoms. The van der Waals surface area contributed by atoms with Crippen molar-refractivity contribution in [2.75, 3.05) is 25.4 Å². The highest BCUT2D eigenvalue weighted by Crippen LogP contribution is 2.27. The van der Waals surface area contributed by atoms with Crippen molar-refractivity contribution in [3.8, 4) is 0 Å². The van der Waals surface area contributed by atoms with E-state index in [0.29, 0.717) is 6.04 Å². The molecule has 2 atom stereocenters. The molecule has 2 saturated heterocycles. The normalized spacial score (nSPS) is 31.6. The van der Waals surface area contributed by atoms with Gasteiger partial charge in [0.2, 0.25) is 10.0 Å². The Bertz CT molecular complexity index is 331. The van der Waals surface area contributed by atoms with Crippen LogP contribution in [0.25, 0.3) is 0 Å². The van der Waals surface area contributed by atoms with Gasteiger partial charge < -0.3 is 5.73 Å². The highest BCUT2D eigenvalue weighted by molar-refractivity contribution is 7.89. The number of sulfonamides is 1. The number of rotatable bonds is 4. The van der Waals surface area contributed by atoms with Gasteiger partial charge in [-0.05, 0) is 25.8 Å². The molecule has 2 aliphatic rings. The molecule has 6 heteroatoms. The molecule has 5 nitrogen and oxygen atoms in total. The van der Waals surface area contributed by atoms with E-state index in [2.05, 4.69) is 9.62 Å². The number of hydrogen-bond acceptors (Lipinski definition) is 4. The average Bonchev–Trinajstić information content (AvgIpc) is 2.61. The van der Waals surface area contributed by atoms with Crippen LogP contribution in [-0.4, -0.2) is 50.8 Å². The molecular formula is C10H21N3O2S. The molecule has 2 rings (SSSR count). The number of nitrogens with two attached hydrogens (primary N) is 1. The Kier molecular flexibility index (Phi) is 3.84. The Morgan fingerprint density at radius 3 is 2.81 bits per heavy atom. The first kappa shape index (κ1) is 12.3. The van der Waals surface area contributed by atoms with Crippen LogP contribution in [0, 0.1) is 0 Å². The molecule has 0 aromatic heterocycles. The molecule has 0 amide bonds. The topological polar surface area (TPSA) is 75.4 Å². The van der Waals surface area contributed by atoms with Crippen molar-refractivity contribution in [3.05, 3.63) is 0 Å². The molecule has 0 saturated carbocycles. The van der Waals surface area contributed by atoms with Gasteiger partial charge in [-0.25, -0.2) is 13.1 Å². The molecular weight excluding hydrogens is 226 g/mol. The maximum absolute atomic E-state index is 11.7. The van der Waals surface area contributed by atoms with Gasteiger partial charge in [-0.3, -0.25) is 4.90 Å². The van der Waals surface area contributed by atoms with Gasteiger partial charge in [-0.15, -0.1) is 0 Å². The van der Waals surface area contributed by atoms with Crippen molar-refractivity contribution in [3.63, 3.8) is 0 Å². The lowest BCUT2D eigenvalue weighted by Crippen LogP contribution is -2.47. The third-order valence-electron chi connectivity index (χ3n) is 3.57. The van der Waals surface area contributed by atoms with E-state index in [1.54, 1.807) is 0 Å². The lowest BCUT2D eigenvalue weighted by atomic mass is 10.00. The molecule has 0 aliphatic carbocycles. The van der Waals surface area contributed by atoms with Gasteiger partial charge in [0.1, 0.15) is 0 Å². The van der Waals surface area contributed by atoms with Crippen molar-refractivity contribution in [2.24, 2.45) is 5.73 Å². The molecule has 2 unspecified atom stereocenters. The Morgan fingerprint density at radius 2 is 2.06 bits per heavy atom. The minimum Gasteiger partial charge on any atom is -0.329 e. The van der Waals surface area contributed by atoms with Crippen LogP contribution in [0.15, 0.2) is 0 Å². The Labute approximate surface area is 97.4 Å². The van der Waals surface area contributed by atoms with E-state index in [1.807, 2.05) is 0 Å². The number of hydrogen-bond donors (Lipinski definition) is 2. The van der Waals surface area contributed by atoms with Crippen molar-refractivity contribution >= 4 is 10.0 Å². The van der Waals surface area contributed by atoms with E-state index in [1.165, 1.54) is 12.8 Å². The fourth-order valence-electron chi connectivity index (χ4n) is 2.83. The third kappa shape index (κ3) is 2.74. The molecule has 2 fully saturated rings. The van der Waals surface area contributed by atoms with Crippen LogP contribution in [0.3, 0.4) is 0 Å². The van der Waals surface area contributed by atoms with Crippen LogP contribution in [0.1, 0.15) is 25.7 Å². The summed E-state index contributed by atoms with van der Waals surface area (Å²) in [5.74, 6) is 0.0379. The smallest absolute Gasteiger partial charge is 0.213 e. The van der Waals surface area contributed by atoms with Crippen LogP contribution in [-0.2, 0) is 10.0 Å². The lowest BCUT2D eigenvalue weighted by Gasteiger charge is -2.32. The highest BCUT2D eigenvalue weighted by Gasteiger charge is 2.37. The van der Waals surface area contributed by atoms with E-state index in [0.717, 1.165) is 25.9 Å². The number of nitrogens with zero attached hydrogens (tertiary/aromatic N) is 1. The summed E-state index contributed by atoms with van der Waals surface area (Å²) in [4.78, 5) is 2.42. The predicted molar refractivity (Wildman–Crippen MR) is 63.6 cm³/mol. The molecule has 0 aromatic rings. The molecule has 0 aromatic carbocycles. The van der Waals surface area contributed by atoms with E-state index in [4.69, 9.17) is 5.73 Å². The second-order valence-corrected chi connectivity index (χ2v) is 6.59. The Morgan fingerprint density at radius 1 is 1.25 bits per heavy atom. The summed E-state index contributed by atoms with van der Waals surface area (Å²) < 4.78 is 26.1.